The Balaban J connectivity index is 1.60. The van der Waals surface area contributed by atoms with E-state index < -0.39 is 12.0 Å². The summed E-state index contributed by atoms with van der Waals surface area (Å²) >= 11 is 13.2. The van der Waals surface area contributed by atoms with Crippen molar-refractivity contribution in [1.29, 1.82) is 0 Å². The highest BCUT2D eigenvalue weighted by Crippen LogP contribution is 2.47. The van der Waals surface area contributed by atoms with E-state index in [1.54, 1.807) is 18.3 Å². The Kier molecular flexibility index (Phi) is 6.93. The van der Waals surface area contributed by atoms with Crippen molar-refractivity contribution >= 4 is 45.9 Å². The molecule has 0 bridgehead atoms. The van der Waals surface area contributed by atoms with Gasteiger partial charge in [-0.2, -0.15) is 0 Å². The molecule has 2 fully saturated rings. The molecule has 0 amide bonds. The Morgan fingerprint density at radius 1 is 1.11 bits per heavy atom. The molecule has 3 aromatic rings. The molecule has 1 aliphatic carbocycles. The van der Waals surface area contributed by atoms with E-state index in [-0.39, 0.29) is 34.9 Å². The highest BCUT2D eigenvalue weighted by molar-refractivity contribution is 6.41. The van der Waals surface area contributed by atoms with Crippen LogP contribution in [0.1, 0.15) is 25.7 Å². The standard InChI is InChI=1S/C24H24Cl2F2N5O3/c1-34-16-7-17(35-2)20(26)18(19(16)25)15-6-12-10-29-23(31-13-4-3-5-36-11-13)33-21(12)22(32-15)30-14-8-24(27,28)9-14/h6-7,10,13-14H,3-5,8-9,11H2,1-2H3,(H-,29,30,31,32,33)/q-1. The largest absolute Gasteiger partial charge is 0.495 e. The van der Waals surface area contributed by atoms with Crippen LogP contribution in [0.3, 0.4) is 0 Å². The van der Waals surface area contributed by atoms with Gasteiger partial charge in [-0.25, -0.2) is 13.8 Å². The Hall–Kier alpha value is -2.69. The van der Waals surface area contributed by atoms with Crippen LogP contribution in [0.5, 0.6) is 11.5 Å². The van der Waals surface area contributed by atoms with Crippen molar-refractivity contribution in [1.82, 2.24) is 15.0 Å². The molecule has 12 heteroatoms. The van der Waals surface area contributed by atoms with Crippen LogP contribution in [-0.2, 0) is 4.74 Å². The summed E-state index contributed by atoms with van der Waals surface area (Å²) in [6.07, 6.45) is 2.83. The second-order valence-corrected chi connectivity index (χ2v) is 9.61. The van der Waals surface area contributed by atoms with E-state index in [2.05, 4.69) is 20.6 Å². The fourth-order valence-corrected chi connectivity index (χ4v) is 5.07. The number of nitrogens with zero attached hydrogens (tertiary/aromatic N) is 4. The van der Waals surface area contributed by atoms with Crippen LogP contribution in [0.4, 0.5) is 20.5 Å². The number of fused-ring (bicyclic) bond motifs is 1. The quantitative estimate of drug-likeness (QED) is 0.371. The molecule has 8 nitrogen and oxygen atoms in total. The molecule has 1 saturated heterocycles. The van der Waals surface area contributed by atoms with Crippen molar-refractivity contribution in [3.63, 3.8) is 0 Å². The lowest BCUT2D eigenvalue weighted by atomic mass is 9.88. The molecule has 2 aliphatic rings. The highest BCUT2D eigenvalue weighted by Gasteiger charge is 2.45. The van der Waals surface area contributed by atoms with E-state index in [1.807, 2.05) is 0 Å². The molecule has 2 aromatic heterocycles. The zero-order valence-corrected chi connectivity index (χ0v) is 21.2. The minimum atomic E-state index is -2.70. The van der Waals surface area contributed by atoms with Gasteiger partial charge in [-0.15, -0.1) is 0 Å². The van der Waals surface area contributed by atoms with Crippen LogP contribution >= 0.6 is 23.2 Å². The Morgan fingerprint density at radius 3 is 2.44 bits per heavy atom. The Bertz CT molecular complexity index is 1250. The maximum atomic E-state index is 13.6. The minimum absolute atomic E-state index is 0.0352. The van der Waals surface area contributed by atoms with Gasteiger partial charge in [0, 0.05) is 54.6 Å². The van der Waals surface area contributed by atoms with Gasteiger partial charge < -0.3 is 34.8 Å². The maximum Gasteiger partial charge on any atom is 0.252 e. The summed E-state index contributed by atoms with van der Waals surface area (Å²) in [5.74, 6) is -1.40. The molecular weight excluding hydrogens is 515 g/mol. The summed E-state index contributed by atoms with van der Waals surface area (Å²) in [5, 5.41) is 8.81. The zero-order valence-electron chi connectivity index (χ0n) is 19.7. The van der Waals surface area contributed by atoms with Crippen molar-refractivity contribution in [2.45, 2.75) is 43.7 Å². The Morgan fingerprint density at radius 2 is 1.83 bits per heavy atom. The van der Waals surface area contributed by atoms with E-state index in [0.29, 0.717) is 46.1 Å². The van der Waals surface area contributed by atoms with Crippen molar-refractivity contribution < 1.29 is 23.0 Å². The average Bonchev–Trinajstić information content (AvgIpc) is 2.84. The molecule has 192 valence electrons. The molecule has 1 aromatic carbocycles. The monoisotopic (exact) mass is 538 g/mol. The molecule has 0 spiro atoms. The number of nitrogens with one attached hydrogen (secondary N) is 1. The van der Waals surface area contributed by atoms with Crippen molar-refractivity contribution in [3.8, 4) is 22.8 Å². The predicted octanol–water partition coefficient (Wildman–Crippen LogP) is 6.41. The summed E-state index contributed by atoms with van der Waals surface area (Å²) < 4.78 is 43.4. The van der Waals surface area contributed by atoms with E-state index in [1.165, 1.54) is 14.2 Å². The van der Waals surface area contributed by atoms with E-state index in [4.69, 9.17) is 42.4 Å². The topological polar surface area (TPSA) is 92.5 Å². The lowest BCUT2D eigenvalue weighted by Gasteiger charge is -2.36. The molecule has 1 unspecified atom stereocenters. The zero-order chi connectivity index (χ0) is 25.4. The second kappa shape index (κ2) is 9.99. The van der Waals surface area contributed by atoms with Gasteiger partial charge in [0.25, 0.3) is 5.92 Å². The van der Waals surface area contributed by atoms with Crippen LogP contribution in [-0.4, -0.2) is 60.4 Å². The van der Waals surface area contributed by atoms with Gasteiger partial charge in [0.2, 0.25) is 0 Å². The summed E-state index contributed by atoms with van der Waals surface area (Å²) in [7, 11) is 2.96. The first-order valence-electron chi connectivity index (χ1n) is 11.5. The first-order valence-corrected chi connectivity index (χ1v) is 12.2. The number of halogens is 4. The molecule has 5 rings (SSSR count). The van der Waals surface area contributed by atoms with Crippen LogP contribution in [0.15, 0.2) is 18.3 Å². The van der Waals surface area contributed by atoms with Gasteiger partial charge in [0.15, 0.2) is 0 Å². The number of ether oxygens (including phenoxy) is 3. The van der Waals surface area contributed by atoms with E-state index in [9.17, 15) is 8.78 Å². The number of benzene rings is 1. The first-order chi connectivity index (χ1) is 17.3. The fourth-order valence-electron chi connectivity index (χ4n) is 4.38. The van der Waals surface area contributed by atoms with Crippen LogP contribution in [0, 0.1) is 0 Å². The third-order valence-electron chi connectivity index (χ3n) is 6.25. The number of anilines is 1. The van der Waals surface area contributed by atoms with Gasteiger partial charge in [-0.1, -0.05) is 23.2 Å². The van der Waals surface area contributed by atoms with Crippen LogP contribution in [0.2, 0.25) is 10.0 Å². The summed E-state index contributed by atoms with van der Waals surface area (Å²) in [5.41, 5.74) is 1.23. The third-order valence-corrected chi connectivity index (χ3v) is 7.00. The summed E-state index contributed by atoms with van der Waals surface area (Å²) in [6.45, 7) is 1.23. The molecule has 1 aliphatic heterocycles. The highest BCUT2D eigenvalue weighted by atomic mass is 35.5. The predicted molar refractivity (Wildman–Crippen MR) is 134 cm³/mol. The van der Waals surface area contributed by atoms with Gasteiger partial charge in [0.1, 0.15) is 17.3 Å². The van der Waals surface area contributed by atoms with Crippen molar-refractivity contribution in [2.24, 2.45) is 0 Å². The summed E-state index contributed by atoms with van der Waals surface area (Å²) in [4.78, 5) is 13.7. The van der Waals surface area contributed by atoms with Gasteiger partial charge in [-0.05, 0) is 30.5 Å². The van der Waals surface area contributed by atoms with Gasteiger partial charge in [0.05, 0.1) is 36.6 Å². The minimum Gasteiger partial charge on any atom is -0.495 e. The SMILES string of the molecule is COc1cc(OC)c(Cl)c(-c2cc3cnc([N-]C4CCCOC4)nc3c(NC3CC(F)(F)C3)n2)c1Cl. The third kappa shape index (κ3) is 4.94. The molecular formula is C24H24Cl2F2N5O3-. The molecule has 3 heterocycles. The average molecular weight is 539 g/mol. The number of methoxy groups -OCH3 is 2. The number of rotatable bonds is 7. The van der Waals surface area contributed by atoms with Gasteiger partial charge in [-0.3, -0.25) is 0 Å². The second-order valence-electron chi connectivity index (χ2n) is 8.85. The van der Waals surface area contributed by atoms with Gasteiger partial charge >= 0.3 is 0 Å². The fraction of sp³-hybridized carbons (Fsp3) is 0.458. The molecule has 1 saturated carbocycles. The van der Waals surface area contributed by atoms with E-state index in [0.717, 1.165) is 19.4 Å². The maximum absolute atomic E-state index is 13.6. The number of hydrogen-bond acceptors (Lipinski definition) is 7. The number of aromatic nitrogens is 3. The smallest absolute Gasteiger partial charge is 0.252 e. The van der Waals surface area contributed by atoms with E-state index >= 15 is 0 Å². The Labute approximate surface area is 216 Å². The first kappa shape index (κ1) is 25.0. The lowest BCUT2D eigenvalue weighted by molar-refractivity contribution is -0.0793. The summed E-state index contributed by atoms with van der Waals surface area (Å²) in [6, 6.07) is 2.82. The molecule has 0 radical (unpaired) electrons. The number of alkyl halides is 2. The number of pyridine rings is 1. The van der Waals surface area contributed by atoms with Crippen molar-refractivity contribution in [2.75, 3.05) is 32.8 Å². The molecule has 36 heavy (non-hydrogen) atoms. The van der Waals surface area contributed by atoms with Crippen LogP contribution in [0.25, 0.3) is 27.5 Å². The normalized spacial score (nSPS) is 19.6. The van der Waals surface area contributed by atoms with Crippen LogP contribution < -0.4 is 14.8 Å². The van der Waals surface area contributed by atoms with Crippen molar-refractivity contribution in [3.05, 3.63) is 33.7 Å². The molecule has 1 atom stereocenters. The number of hydrogen-bond donors (Lipinski definition) is 1. The lowest BCUT2D eigenvalue weighted by Crippen LogP contribution is -2.44. The molecule has 1 N–H and O–H groups in total.